The average Bonchev–Trinajstić information content (AvgIpc) is 2.31. The minimum Gasteiger partial charge on any atom is -0.467 e. The molecule has 96 valence electrons. The topological polar surface area (TPSA) is 47.0 Å². The Labute approximate surface area is 112 Å². The van der Waals surface area contributed by atoms with E-state index in [-0.39, 0.29) is 6.04 Å². The third kappa shape index (κ3) is 4.21. The van der Waals surface area contributed by atoms with Crippen molar-refractivity contribution in [1.29, 1.82) is 0 Å². The van der Waals surface area contributed by atoms with Crippen molar-refractivity contribution in [1.82, 2.24) is 9.97 Å². The largest absolute Gasteiger partial charge is 0.467 e. The van der Waals surface area contributed by atoms with E-state index in [1.165, 1.54) is 13.3 Å². The summed E-state index contributed by atoms with van der Waals surface area (Å²) in [7, 11) is 1.52. The number of alkyl halides is 1. The molecule has 0 saturated carbocycles. The zero-order valence-corrected chi connectivity index (χ0v) is 11.7. The molecule has 1 heterocycles. The van der Waals surface area contributed by atoms with Crippen molar-refractivity contribution >= 4 is 29.0 Å². The molecule has 0 aliphatic heterocycles. The predicted molar refractivity (Wildman–Crippen MR) is 71.2 cm³/mol. The summed E-state index contributed by atoms with van der Waals surface area (Å²) in [4.78, 5) is 8.10. The molecule has 1 rings (SSSR count). The maximum Gasteiger partial charge on any atom is 0.318 e. The Morgan fingerprint density at radius 2 is 2.18 bits per heavy atom. The van der Waals surface area contributed by atoms with Gasteiger partial charge >= 0.3 is 6.01 Å². The Kier molecular flexibility index (Phi) is 5.78. The standard InChI is InChI=1S/C11H17Cl2N3O/c1-7(2)9(4-5-12)15-10-8(13)6-14-11(16-10)17-3/h6-7,9H,4-5H2,1-3H3,(H,14,15,16). The van der Waals surface area contributed by atoms with Crippen molar-refractivity contribution in [3.8, 4) is 6.01 Å². The first-order valence-corrected chi connectivity index (χ1v) is 6.38. The van der Waals surface area contributed by atoms with E-state index in [1.54, 1.807) is 0 Å². The van der Waals surface area contributed by atoms with E-state index in [0.29, 0.717) is 28.6 Å². The summed E-state index contributed by atoms with van der Waals surface area (Å²) < 4.78 is 4.96. The molecule has 1 unspecified atom stereocenters. The van der Waals surface area contributed by atoms with Gasteiger partial charge in [-0.2, -0.15) is 4.98 Å². The first-order valence-electron chi connectivity index (χ1n) is 5.47. The number of nitrogens with one attached hydrogen (secondary N) is 1. The Bertz CT molecular complexity index is 361. The second kappa shape index (κ2) is 6.87. The SMILES string of the molecule is COc1ncc(Cl)c(NC(CCCl)C(C)C)n1. The van der Waals surface area contributed by atoms with Crippen LogP contribution in [-0.2, 0) is 0 Å². The number of hydrogen-bond donors (Lipinski definition) is 1. The summed E-state index contributed by atoms with van der Waals surface area (Å²) in [5.41, 5.74) is 0. The molecular weight excluding hydrogens is 261 g/mol. The fraction of sp³-hybridized carbons (Fsp3) is 0.636. The minimum absolute atomic E-state index is 0.226. The normalized spacial score (nSPS) is 12.6. The number of ether oxygens (including phenoxy) is 1. The van der Waals surface area contributed by atoms with Gasteiger partial charge in [0.15, 0.2) is 5.82 Å². The molecular formula is C11H17Cl2N3O. The molecule has 0 aromatic carbocycles. The Morgan fingerprint density at radius 1 is 1.47 bits per heavy atom. The van der Waals surface area contributed by atoms with E-state index < -0.39 is 0 Å². The predicted octanol–water partition coefficient (Wildman–Crippen LogP) is 3.20. The maximum atomic E-state index is 6.03. The highest BCUT2D eigenvalue weighted by molar-refractivity contribution is 6.32. The molecule has 0 aliphatic rings. The lowest BCUT2D eigenvalue weighted by Crippen LogP contribution is -2.26. The molecule has 0 bridgehead atoms. The van der Waals surface area contributed by atoms with E-state index in [2.05, 4.69) is 29.1 Å². The third-order valence-corrected chi connectivity index (χ3v) is 2.95. The van der Waals surface area contributed by atoms with Gasteiger partial charge in [-0.25, -0.2) is 4.98 Å². The number of anilines is 1. The molecule has 0 fully saturated rings. The average molecular weight is 278 g/mol. The summed E-state index contributed by atoms with van der Waals surface area (Å²) in [6, 6.07) is 0.523. The Hall–Kier alpha value is -0.740. The zero-order chi connectivity index (χ0) is 12.8. The number of halogens is 2. The summed E-state index contributed by atoms with van der Waals surface area (Å²) >= 11 is 11.8. The van der Waals surface area contributed by atoms with Crippen LogP contribution in [0.2, 0.25) is 5.02 Å². The van der Waals surface area contributed by atoms with Crippen molar-refractivity contribution < 1.29 is 4.74 Å². The van der Waals surface area contributed by atoms with Gasteiger partial charge in [-0.15, -0.1) is 11.6 Å². The lowest BCUT2D eigenvalue weighted by atomic mass is 10.0. The highest BCUT2D eigenvalue weighted by Crippen LogP contribution is 2.23. The fourth-order valence-corrected chi connectivity index (χ4v) is 1.80. The zero-order valence-electron chi connectivity index (χ0n) is 10.2. The lowest BCUT2D eigenvalue weighted by Gasteiger charge is -2.22. The van der Waals surface area contributed by atoms with Crippen molar-refractivity contribution in [3.05, 3.63) is 11.2 Å². The second-order valence-corrected chi connectivity index (χ2v) is 4.81. The van der Waals surface area contributed by atoms with E-state index in [4.69, 9.17) is 27.9 Å². The van der Waals surface area contributed by atoms with Gasteiger partial charge in [0.1, 0.15) is 5.02 Å². The minimum atomic E-state index is 0.226. The number of nitrogens with zero attached hydrogens (tertiary/aromatic N) is 2. The first kappa shape index (κ1) is 14.3. The van der Waals surface area contributed by atoms with Crippen LogP contribution in [0.15, 0.2) is 6.20 Å². The van der Waals surface area contributed by atoms with Crippen LogP contribution in [0.25, 0.3) is 0 Å². The number of methoxy groups -OCH3 is 1. The number of hydrogen-bond acceptors (Lipinski definition) is 4. The molecule has 0 saturated heterocycles. The summed E-state index contributed by atoms with van der Waals surface area (Å²) in [5.74, 6) is 1.61. The molecule has 0 amide bonds. The smallest absolute Gasteiger partial charge is 0.318 e. The Balaban J connectivity index is 2.84. The second-order valence-electron chi connectivity index (χ2n) is 4.03. The van der Waals surface area contributed by atoms with Crippen molar-refractivity contribution in [2.24, 2.45) is 5.92 Å². The van der Waals surface area contributed by atoms with Crippen molar-refractivity contribution in [2.75, 3.05) is 18.3 Å². The van der Waals surface area contributed by atoms with Crippen LogP contribution in [0.4, 0.5) is 5.82 Å². The Morgan fingerprint density at radius 3 is 2.71 bits per heavy atom. The van der Waals surface area contributed by atoms with Crippen LogP contribution in [-0.4, -0.2) is 29.0 Å². The van der Waals surface area contributed by atoms with Crippen molar-refractivity contribution in [2.45, 2.75) is 26.3 Å². The van der Waals surface area contributed by atoms with Crippen LogP contribution in [0.3, 0.4) is 0 Å². The van der Waals surface area contributed by atoms with Gasteiger partial charge in [-0.3, -0.25) is 0 Å². The molecule has 1 aromatic rings. The van der Waals surface area contributed by atoms with Gasteiger partial charge in [0.05, 0.1) is 13.3 Å². The monoisotopic (exact) mass is 277 g/mol. The summed E-state index contributed by atoms with van der Waals surface area (Å²) in [5, 5.41) is 3.75. The van der Waals surface area contributed by atoms with Crippen LogP contribution >= 0.6 is 23.2 Å². The molecule has 4 nitrogen and oxygen atoms in total. The van der Waals surface area contributed by atoms with Gasteiger partial charge in [-0.1, -0.05) is 25.4 Å². The van der Waals surface area contributed by atoms with E-state index in [1.807, 2.05) is 0 Å². The van der Waals surface area contributed by atoms with Gasteiger partial charge in [0, 0.05) is 11.9 Å². The van der Waals surface area contributed by atoms with Gasteiger partial charge < -0.3 is 10.1 Å². The summed E-state index contributed by atoms with van der Waals surface area (Å²) in [6.07, 6.45) is 2.37. The van der Waals surface area contributed by atoms with Crippen LogP contribution in [0, 0.1) is 5.92 Å². The van der Waals surface area contributed by atoms with Crippen molar-refractivity contribution in [3.63, 3.8) is 0 Å². The summed E-state index contributed by atoms with van der Waals surface area (Å²) in [6.45, 7) is 4.24. The van der Waals surface area contributed by atoms with Gasteiger partial charge in [0.25, 0.3) is 0 Å². The van der Waals surface area contributed by atoms with E-state index in [0.717, 1.165) is 6.42 Å². The lowest BCUT2D eigenvalue weighted by molar-refractivity contribution is 0.380. The quantitative estimate of drug-likeness (QED) is 0.812. The molecule has 0 spiro atoms. The van der Waals surface area contributed by atoms with E-state index >= 15 is 0 Å². The number of aromatic nitrogens is 2. The molecule has 1 N–H and O–H groups in total. The fourth-order valence-electron chi connectivity index (χ4n) is 1.42. The van der Waals surface area contributed by atoms with E-state index in [9.17, 15) is 0 Å². The van der Waals surface area contributed by atoms with Crippen LogP contribution < -0.4 is 10.1 Å². The highest BCUT2D eigenvalue weighted by Gasteiger charge is 2.15. The third-order valence-electron chi connectivity index (χ3n) is 2.45. The molecule has 17 heavy (non-hydrogen) atoms. The van der Waals surface area contributed by atoms with Gasteiger partial charge in [0.2, 0.25) is 0 Å². The van der Waals surface area contributed by atoms with Crippen LogP contribution in [0.5, 0.6) is 6.01 Å². The van der Waals surface area contributed by atoms with Gasteiger partial charge in [-0.05, 0) is 12.3 Å². The maximum absolute atomic E-state index is 6.03. The molecule has 1 aromatic heterocycles. The molecule has 6 heteroatoms. The molecule has 1 atom stereocenters. The number of rotatable bonds is 6. The highest BCUT2D eigenvalue weighted by atomic mass is 35.5. The van der Waals surface area contributed by atoms with Crippen LogP contribution in [0.1, 0.15) is 20.3 Å². The molecule has 0 radical (unpaired) electrons. The molecule has 0 aliphatic carbocycles. The first-order chi connectivity index (χ1) is 8.08.